The van der Waals surface area contributed by atoms with Crippen molar-refractivity contribution in [3.8, 4) is 28.0 Å². The molecular weight excluding hydrogens is 485 g/mol. The Bertz CT molecular complexity index is 1520. The van der Waals surface area contributed by atoms with Gasteiger partial charge in [-0.05, 0) is 84.5 Å². The number of carbonyl (C=O) groups is 2. The minimum Gasteiger partial charge on any atom is -0.493 e. The second-order valence-corrected chi connectivity index (χ2v) is 8.72. The molecule has 0 spiro atoms. The van der Waals surface area contributed by atoms with Gasteiger partial charge in [0, 0.05) is 24.0 Å². The summed E-state index contributed by atoms with van der Waals surface area (Å²) in [6.45, 7) is 6.15. The first-order valence-corrected chi connectivity index (χ1v) is 12.1. The highest BCUT2D eigenvalue weighted by atomic mass is 19.1. The minimum atomic E-state index is -1.11. The van der Waals surface area contributed by atoms with Crippen LogP contribution >= 0.6 is 0 Å². The molecule has 0 aliphatic rings. The first kappa shape index (κ1) is 26.5. The van der Waals surface area contributed by atoms with Crippen LogP contribution in [0.4, 0.5) is 10.1 Å². The van der Waals surface area contributed by atoms with Gasteiger partial charge in [-0.3, -0.25) is 9.78 Å². The van der Waals surface area contributed by atoms with Gasteiger partial charge < -0.3 is 20.9 Å². The highest BCUT2D eigenvalue weighted by Gasteiger charge is 2.17. The monoisotopic (exact) mass is 513 g/mol. The minimum absolute atomic E-state index is 0.000936. The lowest BCUT2D eigenvalue weighted by Gasteiger charge is -2.18. The molecule has 4 aromatic rings. The zero-order valence-electron chi connectivity index (χ0n) is 21.3. The molecule has 0 bridgehead atoms. The van der Waals surface area contributed by atoms with E-state index >= 15 is 0 Å². The number of benzene rings is 3. The molecular formula is C30H28FN3O4. The van der Waals surface area contributed by atoms with Gasteiger partial charge >= 0.3 is 5.97 Å². The predicted molar refractivity (Wildman–Crippen MR) is 145 cm³/mol. The number of carbonyl (C=O) groups excluding carboxylic acids is 1. The second-order valence-electron chi connectivity index (χ2n) is 8.72. The number of hydrogen-bond donors (Lipinski definition) is 3. The van der Waals surface area contributed by atoms with Crippen molar-refractivity contribution < 1.29 is 23.8 Å². The van der Waals surface area contributed by atoms with Gasteiger partial charge in [-0.25, -0.2) is 9.18 Å². The lowest BCUT2D eigenvalue weighted by molar-refractivity contribution is 0.0695. The van der Waals surface area contributed by atoms with Crippen molar-refractivity contribution in [1.29, 1.82) is 0 Å². The van der Waals surface area contributed by atoms with Crippen LogP contribution in [-0.2, 0) is 6.54 Å². The standard InChI is InChI=1S/C30H28FN3O4/c1-4-38-28-14-20(13-25(31)24(28)15-32)21-7-5-8-22(17(21)2)23-9-6-10-26(18(23)3)34-29(35)27-12-11-19(16-33-27)30(36)37/h5-14,16H,4,15,32H2,1-3H3,(H,34,35)(H,36,37). The van der Waals surface area contributed by atoms with Gasteiger partial charge in [0.15, 0.2) is 0 Å². The van der Waals surface area contributed by atoms with Crippen molar-refractivity contribution in [3.63, 3.8) is 0 Å². The van der Waals surface area contributed by atoms with E-state index in [9.17, 15) is 14.0 Å². The number of hydrogen-bond acceptors (Lipinski definition) is 5. The first-order chi connectivity index (χ1) is 18.2. The second kappa shape index (κ2) is 11.2. The number of carboxylic acid groups (broad SMARTS) is 1. The SMILES string of the molecule is CCOc1cc(-c2cccc(-c3cccc(NC(=O)c4ccc(C(=O)O)cn4)c3C)c2C)cc(F)c1CN. The Morgan fingerprint density at radius 1 is 1.00 bits per heavy atom. The van der Waals surface area contributed by atoms with E-state index in [-0.39, 0.29) is 17.8 Å². The molecule has 3 aromatic carbocycles. The number of aromatic carboxylic acids is 1. The number of ether oxygens (including phenoxy) is 1. The van der Waals surface area contributed by atoms with Crippen LogP contribution in [-0.4, -0.2) is 28.6 Å². The zero-order chi connectivity index (χ0) is 27.4. The van der Waals surface area contributed by atoms with Crippen molar-refractivity contribution in [2.45, 2.75) is 27.3 Å². The molecule has 1 heterocycles. The van der Waals surface area contributed by atoms with Crippen LogP contribution < -0.4 is 15.8 Å². The lowest BCUT2D eigenvalue weighted by Crippen LogP contribution is -2.15. The molecule has 0 saturated carbocycles. The number of nitrogens with zero attached hydrogens (tertiary/aromatic N) is 1. The molecule has 0 aliphatic heterocycles. The summed E-state index contributed by atoms with van der Waals surface area (Å²) in [5, 5.41) is 11.9. The molecule has 0 atom stereocenters. The molecule has 0 unspecified atom stereocenters. The van der Waals surface area contributed by atoms with Gasteiger partial charge in [-0.2, -0.15) is 0 Å². The van der Waals surface area contributed by atoms with E-state index < -0.39 is 17.7 Å². The Morgan fingerprint density at radius 2 is 1.68 bits per heavy atom. The summed E-state index contributed by atoms with van der Waals surface area (Å²) >= 11 is 0. The molecule has 0 saturated heterocycles. The Kier molecular flexibility index (Phi) is 7.83. The van der Waals surface area contributed by atoms with Gasteiger partial charge in [-0.15, -0.1) is 0 Å². The Balaban J connectivity index is 1.70. The van der Waals surface area contributed by atoms with Crippen LogP contribution in [0.25, 0.3) is 22.3 Å². The Labute approximate surface area is 220 Å². The fourth-order valence-electron chi connectivity index (χ4n) is 4.39. The number of anilines is 1. The number of halogens is 1. The highest BCUT2D eigenvalue weighted by molar-refractivity contribution is 6.04. The summed E-state index contributed by atoms with van der Waals surface area (Å²) < 4.78 is 20.5. The molecule has 0 fully saturated rings. The normalized spacial score (nSPS) is 10.8. The maximum absolute atomic E-state index is 14.9. The summed E-state index contributed by atoms with van der Waals surface area (Å²) in [5.74, 6) is -1.55. The van der Waals surface area contributed by atoms with Gasteiger partial charge in [0.1, 0.15) is 17.3 Å². The van der Waals surface area contributed by atoms with Crippen LogP contribution in [0.15, 0.2) is 66.9 Å². The predicted octanol–water partition coefficient (Wildman–Crippen LogP) is 5.98. The smallest absolute Gasteiger partial charge is 0.337 e. The van der Waals surface area contributed by atoms with E-state index in [0.717, 1.165) is 34.0 Å². The van der Waals surface area contributed by atoms with Gasteiger partial charge in [-0.1, -0.05) is 30.3 Å². The fraction of sp³-hybridized carbons (Fsp3) is 0.167. The van der Waals surface area contributed by atoms with Crippen molar-refractivity contribution in [3.05, 3.63) is 101 Å². The molecule has 4 rings (SSSR count). The summed E-state index contributed by atoms with van der Waals surface area (Å²) in [4.78, 5) is 27.8. The first-order valence-electron chi connectivity index (χ1n) is 12.1. The van der Waals surface area contributed by atoms with Crippen LogP contribution in [0.2, 0.25) is 0 Å². The Morgan fingerprint density at radius 3 is 2.32 bits per heavy atom. The maximum atomic E-state index is 14.9. The molecule has 38 heavy (non-hydrogen) atoms. The van der Waals surface area contributed by atoms with Crippen molar-refractivity contribution in [1.82, 2.24) is 4.98 Å². The third-order valence-corrected chi connectivity index (χ3v) is 6.42. The van der Waals surface area contributed by atoms with E-state index in [2.05, 4.69) is 10.3 Å². The van der Waals surface area contributed by atoms with E-state index in [1.165, 1.54) is 18.2 Å². The molecule has 0 radical (unpaired) electrons. The highest BCUT2D eigenvalue weighted by Crippen LogP contribution is 2.37. The largest absolute Gasteiger partial charge is 0.493 e. The topological polar surface area (TPSA) is 115 Å². The van der Waals surface area contributed by atoms with E-state index in [1.807, 2.05) is 57.2 Å². The number of nitrogens with two attached hydrogens (primary N) is 1. The average Bonchev–Trinajstić information content (AvgIpc) is 2.90. The van der Waals surface area contributed by atoms with Gasteiger partial charge in [0.2, 0.25) is 0 Å². The van der Waals surface area contributed by atoms with Crippen molar-refractivity contribution >= 4 is 17.6 Å². The Hall–Kier alpha value is -4.56. The van der Waals surface area contributed by atoms with Crippen LogP contribution in [0.5, 0.6) is 5.75 Å². The summed E-state index contributed by atoms with van der Waals surface area (Å²) in [6, 6.07) is 17.4. The van der Waals surface area contributed by atoms with Gasteiger partial charge in [0.05, 0.1) is 12.2 Å². The number of aromatic nitrogens is 1. The molecule has 8 heteroatoms. The number of carboxylic acids is 1. The van der Waals surface area contributed by atoms with Crippen LogP contribution in [0.3, 0.4) is 0 Å². The summed E-state index contributed by atoms with van der Waals surface area (Å²) in [7, 11) is 0. The third-order valence-electron chi connectivity index (χ3n) is 6.42. The molecule has 7 nitrogen and oxygen atoms in total. The molecule has 1 aromatic heterocycles. The zero-order valence-corrected chi connectivity index (χ0v) is 21.3. The maximum Gasteiger partial charge on any atom is 0.337 e. The molecule has 4 N–H and O–H groups in total. The van der Waals surface area contributed by atoms with E-state index in [4.69, 9.17) is 15.6 Å². The fourth-order valence-corrected chi connectivity index (χ4v) is 4.39. The number of pyridine rings is 1. The molecule has 0 aliphatic carbocycles. The van der Waals surface area contributed by atoms with Crippen molar-refractivity contribution in [2.24, 2.45) is 5.73 Å². The quantitative estimate of drug-likeness (QED) is 0.267. The number of nitrogens with one attached hydrogen (secondary N) is 1. The average molecular weight is 514 g/mol. The van der Waals surface area contributed by atoms with Crippen LogP contribution in [0.1, 0.15) is 44.5 Å². The summed E-state index contributed by atoms with van der Waals surface area (Å²) in [5.41, 5.74) is 11.9. The summed E-state index contributed by atoms with van der Waals surface area (Å²) in [6.07, 6.45) is 1.15. The lowest BCUT2D eigenvalue weighted by atomic mass is 9.90. The molecule has 194 valence electrons. The third kappa shape index (κ3) is 5.26. The number of amides is 1. The van der Waals surface area contributed by atoms with Gasteiger partial charge in [0.25, 0.3) is 5.91 Å². The molecule has 1 amide bonds. The van der Waals surface area contributed by atoms with E-state index in [1.54, 1.807) is 6.07 Å². The van der Waals surface area contributed by atoms with Crippen LogP contribution in [0, 0.1) is 19.7 Å². The van der Waals surface area contributed by atoms with Crippen molar-refractivity contribution in [2.75, 3.05) is 11.9 Å². The number of rotatable bonds is 8. The van der Waals surface area contributed by atoms with E-state index in [0.29, 0.717) is 29.2 Å².